The number of nitrogens with zero attached hydrogens (tertiary/aromatic N) is 3. The van der Waals surface area contributed by atoms with Gasteiger partial charge >= 0.3 is 0 Å². The maximum absolute atomic E-state index is 9.97. The molecule has 4 nitrogen and oxygen atoms in total. The Bertz CT molecular complexity index is 523. The first kappa shape index (κ1) is 12.4. The van der Waals surface area contributed by atoms with Gasteiger partial charge in [0.1, 0.15) is 0 Å². The van der Waals surface area contributed by atoms with Gasteiger partial charge in [-0.25, -0.2) is 4.68 Å². The van der Waals surface area contributed by atoms with Crippen LogP contribution in [0.4, 0.5) is 0 Å². The maximum atomic E-state index is 9.97. The Balaban J connectivity index is 1.91. The van der Waals surface area contributed by atoms with Gasteiger partial charge in [-0.15, -0.1) is 5.10 Å². The Labute approximate surface area is 113 Å². The molecule has 19 heavy (non-hydrogen) atoms. The second-order valence-electron chi connectivity index (χ2n) is 5.28. The van der Waals surface area contributed by atoms with Crippen LogP contribution in [0.3, 0.4) is 0 Å². The molecule has 1 N–H and O–H groups in total. The van der Waals surface area contributed by atoms with Gasteiger partial charge in [-0.05, 0) is 31.4 Å². The fraction of sp³-hybridized carbons (Fsp3) is 0.467. The summed E-state index contributed by atoms with van der Waals surface area (Å²) in [5, 5.41) is 18.2. The lowest BCUT2D eigenvalue weighted by atomic mass is 9.96. The van der Waals surface area contributed by atoms with Gasteiger partial charge in [0.2, 0.25) is 0 Å². The van der Waals surface area contributed by atoms with Crippen LogP contribution < -0.4 is 0 Å². The molecule has 2 atom stereocenters. The van der Waals surface area contributed by atoms with Crippen molar-refractivity contribution < 1.29 is 5.11 Å². The third-order valence-electron chi connectivity index (χ3n) is 3.89. The van der Waals surface area contributed by atoms with Crippen molar-refractivity contribution in [1.29, 1.82) is 0 Å². The molecule has 1 aromatic heterocycles. The van der Waals surface area contributed by atoms with E-state index in [1.807, 2.05) is 41.2 Å². The Kier molecular flexibility index (Phi) is 3.60. The third kappa shape index (κ3) is 2.68. The van der Waals surface area contributed by atoms with Crippen LogP contribution in [0.5, 0.6) is 0 Å². The van der Waals surface area contributed by atoms with E-state index >= 15 is 0 Å². The van der Waals surface area contributed by atoms with E-state index in [2.05, 4.69) is 10.3 Å². The molecule has 0 radical (unpaired) electrons. The normalized spacial score (nSPS) is 24.1. The van der Waals surface area contributed by atoms with E-state index in [9.17, 15) is 5.11 Å². The van der Waals surface area contributed by atoms with E-state index in [0.29, 0.717) is 5.92 Å². The summed E-state index contributed by atoms with van der Waals surface area (Å²) in [6.45, 7) is 0. The lowest BCUT2D eigenvalue weighted by molar-refractivity contribution is 0.151. The lowest BCUT2D eigenvalue weighted by Crippen LogP contribution is -2.13. The predicted octanol–water partition coefficient (Wildman–Crippen LogP) is 2.68. The second kappa shape index (κ2) is 5.53. The first-order valence-electron chi connectivity index (χ1n) is 6.98. The van der Waals surface area contributed by atoms with E-state index < -0.39 is 0 Å². The summed E-state index contributed by atoms with van der Waals surface area (Å²) in [6.07, 6.45) is 6.79. The number of hydrogen-bond donors (Lipinski definition) is 1. The van der Waals surface area contributed by atoms with Crippen molar-refractivity contribution in [2.45, 2.75) is 44.1 Å². The van der Waals surface area contributed by atoms with E-state index in [4.69, 9.17) is 0 Å². The van der Waals surface area contributed by atoms with Gasteiger partial charge in [0.15, 0.2) is 0 Å². The van der Waals surface area contributed by atoms with Crippen molar-refractivity contribution in [3.63, 3.8) is 0 Å². The van der Waals surface area contributed by atoms with Crippen molar-refractivity contribution in [3.05, 3.63) is 42.2 Å². The van der Waals surface area contributed by atoms with Crippen molar-refractivity contribution in [2.24, 2.45) is 0 Å². The number of benzene rings is 1. The molecule has 1 aliphatic rings. The van der Waals surface area contributed by atoms with E-state index in [0.717, 1.165) is 37.1 Å². The van der Waals surface area contributed by atoms with Crippen molar-refractivity contribution in [1.82, 2.24) is 15.0 Å². The van der Waals surface area contributed by atoms with Crippen LogP contribution in [0.1, 0.15) is 43.7 Å². The van der Waals surface area contributed by atoms with Gasteiger partial charge in [-0.1, -0.05) is 36.3 Å². The SMILES string of the molecule is OC1CCCCC(c2cnnn2-c2ccccc2)C1. The number of hydrogen-bond acceptors (Lipinski definition) is 3. The molecular weight excluding hydrogens is 238 g/mol. The van der Waals surface area contributed by atoms with Crippen molar-refractivity contribution in [3.8, 4) is 5.69 Å². The van der Waals surface area contributed by atoms with Gasteiger partial charge in [-0.2, -0.15) is 0 Å². The minimum absolute atomic E-state index is 0.188. The molecule has 4 heteroatoms. The maximum Gasteiger partial charge on any atom is 0.0732 e. The van der Waals surface area contributed by atoms with Crippen molar-refractivity contribution >= 4 is 0 Å². The number of aliphatic hydroxyl groups is 1. The second-order valence-corrected chi connectivity index (χ2v) is 5.28. The Morgan fingerprint density at radius 1 is 1.11 bits per heavy atom. The number of para-hydroxylation sites is 1. The molecular formula is C15H19N3O. The monoisotopic (exact) mass is 257 g/mol. The summed E-state index contributed by atoms with van der Waals surface area (Å²) in [7, 11) is 0. The Morgan fingerprint density at radius 3 is 2.74 bits per heavy atom. The molecule has 2 unspecified atom stereocenters. The highest BCUT2D eigenvalue weighted by molar-refractivity contribution is 5.32. The van der Waals surface area contributed by atoms with Crippen LogP contribution in [-0.2, 0) is 0 Å². The summed E-state index contributed by atoms with van der Waals surface area (Å²) in [5.41, 5.74) is 2.15. The largest absolute Gasteiger partial charge is 0.393 e. The molecule has 0 bridgehead atoms. The molecule has 0 spiro atoms. The minimum atomic E-state index is -0.188. The molecule has 0 saturated heterocycles. The number of rotatable bonds is 2. The fourth-order valence-electron chi connectivity index (χ4n) is 2.89. The first-order chi connectivity index (χ1) is 9.34. The molecule has 100 valence electrons. The molecule has 3 rings (SSSR count). The third-order valence-corrected chi connectivity index (χ3v) is 3.89. The Morgan fingerprint density at radius 2 is 1.89 bits per heavy atom. The van der Waals surface area contributed by atoms with Gasteiger partial charge in [-0.3, -0.25) is 0 Å². The molecule has 1 aliphatic carbocycles. The van der Waals surface area contributed by atoms with Crippen LogP contribution in [0, 0.1) is 0 Å². The fourth-order valence-corrected chi connectivity index (χ4v) is 2.89. The lowest BCUT2D eigenvalue weighted by Gasteiger charge is -2.17. The highest BCUT2D eigenvalue weighted by Gasteiger charge is 2.23. The number of aliphatic hydroxyl groups excluding tert-OH is 1. The van der Waals surface area contributed by atoms with E-state index in [-0.39, 0.29) is 6.10 Å². The number of aromatic nitrogens is 3. The molecule has 2 aromatic rings. The molecule has 1 aromatic carbocycles. The van der Waals surface area contributed by atoms with E-state index in [1.165, 1.54) is 6.42 Å². The Hall–Kier alpha value is -1.68. The molecule has 0 amide bonds. The van der Waals surface area contributed by atoms with Crippen LogP contribution in [-0.4, -0.2) is 26.2 Å². The zero-order valence-corrected chi connectivity index (χ0v) is 10.9. The summed E-state index contributed by atoms with van der Waals surface area (Å²) in [6, 6.07) is 10.1. The van der Waals surface area contributed by atoms with Gasteiger partial charge in [0.25, 0.3) is 0 Å². The van der Waals surface area contributed by atoms with Crippen LogP contribution in [0.2, 0.25) is 0 Å². The summed E-state index contributed by atoms with van der Waals surface area (Å²) in [4.78, 5) is 0. The highest BCUT2D eigenvalue weighted by atomic mass is 16.3. The van der Waals surface area contributed by atoms with Crippen molar-refractivity contribution in [2.75, 3.05) is 0 Å². The van der Waals surface area contributed by atoms with Crippen LogP contribution >= 0.6 is 0 Å². The average molecular weight is 257 g/mol. The topological polar surface area (TPSA) is 50.9 Å². The summed E-state index contributed by atoms with van der Waals surface area (Å²) < 4.78 is 1.91. The smallest absolute Gasteiger partial charge is 0.0732 e. The molecule has 1 saturated carbocycles. The van der Waals surface area contributed by atoms with Crippen LogP contribution in [0.25, 0.3) is 5.69 Å². The molecule has 0 aliphatic heterocycles. The minimum Gasteiger partial charge on any atom is -0.393 e. The highest BCUT2D eigenvalue weighted by Crippen LogP contribution is 2.32. The zero-order valence-electron chi connectivity index (χ0n) is 10.9. The van der Waals surface area contributed by atoms with E-state index in [1.54, 1.807) is 0 Å². The average Bonchev–Trinajstić information content (AvgIpc) is 2.83. The predicted molar refractivity (Wildman–Crippen MR) is 73.2 cm³/mol. The zero-order chi connectivity index (χ0) is 13.1. The van der Waals surface area contributed by atoms with Gasteiger partial charge in [0, 0.05) is 5.92 Å². The summed E-state index contributed by atoms with van der Waals surface area (Å²) in [5.74, 6) is 0.354. The van der Waals surface area contributed by atoms with Gasteiger partial charge in [0.05, 0.1) is 23.7 Å². The molecule has 1 heterocycles. The standard InChI is InChI=1S/C15H19N3O/c19-14-9-5-4-6-12(10-14)15-11-16-17-18(15)13-7-2-1-3-8-13/h1-3,7-8,11-12,14,19H,4-6,9-10H2. The summed E-state index contributed by atoms with van der Waals surface area (Å²) >= 11 is 0. The quantitative estimate of drug-likeness (QED) is 0.841. The van der Waals surface area contributed by atoms with Crippen LogP contribution in [0.15, 0.2) is 36.5 Å². The first-order valence-corrected chi connectivity index (χ1v) is 6.98. The molecule has 1 fully saturated rings. The van der Waals surface area contributed by atoms with Gasteiger partial charge < -0.3 is 5.11 Å².